The van der Waals surface area contributed by atoms with Gasteiger partial charge in [-0.25, -0.2) is 14.2 Å². The van der Waals surface area contributed by atoms with Gasteiger partial charge in [0.2, 0.25) is 5.88 Å². The minimum atomic E-state index is -1.19. The number of hydrogen-bond acceptors (Lipinski definition) is 3. The van der Waals surface area contributed by atoms with E-state index in [0.29, 0.717) is 12.1 Å². The molecule has 0 saturated carbocycles. The molecule has 0 amide bonds. The molecule has 2 rings (SSSR count). The van der Waals surface area contributed by atoms with E-state index >= 15 is 0 Å². The average Bonchev–Trinajstić information content (AvgIpc) is 2.41. The van der Waals surface area contributed by atoms with Crippen molar-refractivity contribution in [2.45, 2.75) is 20.3 Å². The molecule has 0 fully saturated rings. The third kappa shape index (κ3) is 2.60. The van der Waals surface area contributed by atoms with Crippen LogP contribution in [0.4, 0.5) is 4.39 Å². The highest BCUT2D eigenvalue weighted by Crippen LogP contribution is 2.31. The van der Waals surface area contributed by atoms with Crippen molar-refractivity contribution in [1.29, 1.82) is 0 Å². The largest absolute Gasteiger partial charge is 0.477 e. The quantitative estimate of drug-likeness (QED) is 0.915. The van der Waals surface area contributed by atoms with Crippen molar-refractivity contribution in [3.63, 3.8) is 0 Å². The second-order valence-electron chi connectivity index (χ2n) is 4.38. The molecule has 0 atom stereocenters. The van der Waals surface area contributed by atoms with Crippen LogP contribution >= 0.6 is 15.9 Å². The molecule has 2 aromatic rings. The number of nitrogens with zero attached hydrogens (tertiary/aromatic N) is 1. The molecule has 20 heavy (non-hydrogen) atoms. The molecule has 6 heteroatoms. The number of ether oxygens (including phenoxy) is 1. The number of aromatic nitrogens is 1. The first-order valence-corrected chi connectivity index (χ1v) is 6.90. The van der Waals surface area contributed by atoms with Crippen molar-refractivity contribution in [3.05, 3.63) is 33.5 Å². The molecule has 1 aromatic heterocycles. The fourth-order valence-corrected chi connectivity index (χ4v) is 2.43. The van der Waals surface area contributed by atoms with Crippen LogP contribution in [0.25, 0.3) is 10.9 Å². The molecular weight excluding hydrogens is 329 g/mol. The SMILES string of the molecule is CCCOc1nc2c(C)cc(Br)c(F)c2cc1C(=O)O. The monoisotopic (exact) mass is 341 g/mol. The van der Waals surface area contributed by atoms with E-state index in [1.165, 1.54) is 6.07 Å². The van der Waals surface area contributed by atoms with Gasteiger partial charge in [-0.2, -0.15) is 0 Å². The Kier molecular flexibility index (Phi) is 4.23. The Morgan fingerprint density at radius 2 is 2.20 bits per heavy atom. The summed E-state index contributed by atoms with van der Waals surface area (Å²) in [5.74, 6) is -1.69. The number of aromatic carboxylic acids is 1. The van der Waals surface area contributed by atoms with Gasteiger partial charge >= 0.3 is 5.97 Å². The standard InChI is InChI=1S/C14H13BrFNO3/c1-3-4-20-13-9(14(18)19)6-8-11(16)10(15)5-7(2)12(8)17-13/h5-6H,3-4H2,1-2H3,(H,18,19). The molecular formula is C14H13BrFNO3. The molecule has 4 nitrogen and oxygen atoms in total. The van der Waals surface area contributed by atoms with Gasteiger partial charge in [0, 0.05) is 5.39 Å². The Labute approximate surface area is 123 Å². The summed E-state index contributed by atoms with van der Waals surface area (Å²) in [5, 5.41) is 9.36. The van der Waals surface area contributed by atoms with Gasteiger partial charge in [0.05, 0.1) is 16.6 Å². The van der Waals surface area contributed by atoms with E-state index in [0.717, 1.165) is 12.0 Å². The highest BCUT2D eigenvalue weighted by molar-refractivity contribution is 9.10. The molecule has 1 heterocycles. The first-order chi connectivity index (χ1) is 9.45. The van der Waals surface area contributed by atoms with Crippen molar-refractivity contribution in [2.75, 3.05) is 6.61 Å². The van der Waals surface area contributed by atoms with Gasteiger partial charge in [-0.1, -0.05) is 6.92 Å². The first kappa shape index (κ1) is 14.7. The van der Waals surface area contributed by atoms with Crippen LogP contribution in [0.3, 0.4) is 0 Å². The summed E-state index contributed by atoms with van der Waals surface area (Å²) in [6.07, 6.45) is 0.729. The topological polar surface area (TPSA) is 59.4 Å². The number of halogens is 2. The van der Waals surface area contributed by atoms with E-state index in [-0.39, 0.29) is 21.3 Å². The molecule has 1 N–H and O–H groups in total. The van der Waals surface area contributed by atoms with Gasteiger partial charge in [0.1, 0.15) is 11.4 Å². The first-order valence-electron chi connectivity index (χ1n) is 6.11. The Morgan fingerprint density at radius 3 is 2.80 bits per heavy atom. The number of aryl methyl sites for hydroxylation is 1. The van der Waals surface area contributed by atoms with Crippen molar-refractivity contribution < 1.29 is 19.0 Å². The Balaban J connectivity index is 2.74. The van der Waals surface area contributed by atoms with Gasteiger partial charge in [-0.15, -0.1) is 0 Å². The van der Waals surface area contributed by atoms with E-state index in [4.69, 9.17) is 4.74 Å². The zero-order valence-electron chi connectivity index (χ0n) is 11.0. The lowest BCUT2D eigenvalue weighted by Gasteiger charge is -2.11. The van der Waals surface area contributed by atoms with Crippen LogP contribution < -0.4 is 4.74 Å². The smallest absolute Gasteiger partial charge is 0.341 e. The van der Waals surface area contributed by atoms with Gasteiger partial charge in [0.25, 0.3) is 0 Å². The summed E-state index contributed by atoms with van der Waals surface area (Å²) in [6.45, 7) is 4.05. The third-order valence-electron chi connectivity index (χ3n) is 2.82. The van der Waals surface area contributed by atoms with Crippen LogP contribution in [0, 0.1) is 12.7 Å². The highest BCUT2D eigenvalue weighted by atomic mass is 79.9. The van der Waals surface area contributed by atoms with Crippen LogP contribution in [-0.2, 0) is 0 Å². The predicted molar refractivity (Wildman–Crippen MR) is 76.9 cm³/mol. The molecule has 0 aliphatic rings. The van der Waals surface area contributed by atoms with E-state index in [9.17, 15) is 14.3 Å². The highest BCUT2D eigenvalue weighted by Gasteiger charge is 2.18. The lowest BCUT2D eigenvalue weighted by Crippen LogP contribution is -2.07. The molecule has 106 valence electrons. The Hall–Kier alpha value is -1.69. The van der Waals surface area contributed by atoms with E-state index in [1.807, 2.05) is 6.92 Å². The van der Waals surface area contributed by atoms with E-state index in [2.05, 4.69) is 20.9 Å². The maximum atomic E-state index is 14.1. The van der Waals surface area contributed by atoms with Crippen LogP contribution in [-0.4, -0.2) is 22.7 Å². The van der Waals surface area contributed by atoms with Crippen molar-refractivity contribution in [3.8, 4) is 5.88 Å². The number of pyridine rings is 1. The molecule has 0 aliphatic carbocycles. The minimum Gasteiger partial charge on any atom is -0.477 e. The number of hydrogen-bond donors (Lipinski definition) is 1. The normalized spacial score (nSPS) is 10.8. The molecule has 0 bridgehead atoms. The fourth-order valence-electron chi connectivity index (χ4n) is 1.88. The van der Waals surface area contributed by atoms with E-state index in [1.54, 1.807) is 13.0 Å². The third-order valence-corrected chi connectivity index (χ3v) is 3.40. The fraction of sp³-hybridized carbons (Fsp3) is 0.286. The van der Waals surface area contributed by atoms with Gasteiger partial charge in [-0.05, 0) is 47.0 Å². The summed E-state index contributed by atoms with van der Waals surface area (Å²) < 4.78 is 19.7. The number of carboxylic acid groups (broad SMARTS) is 1. The molecule has 0 unspecified atom stereocenters. The summed E-state index contributed by atoms with van der Waals surface area (Å²) >= 11 is 3.11. The van der Waals surface area contributed by atoms with Gasteiger partial charge < -0.3 is 9.84 Å². The molecule has 0 spiro atoms. The molecule has 0 saturated heterocycles. The van der Waals surface area contributed by atoms with Crippen LogP contribution in [0.2, 0.25) is 0 Å². The Bertz CT molecular complexity index is 688. The van der Waals surface area contributed by atoms with Crippen molar-refractivity contribution >= 4 is 32.8 Å². The number of benzene rings is 1. The van der Waals surface area contributed by atoms with Crippen molar-refractivity contribution in [1.82, 2.24) is 4.98 Å². The number of fused-ring (bicyclic) bond motifs is 1. The van der Waals surface area contributed by atoms with E-state index < -0.39 is 11.8 Å². The minimum absolute atomic E-state index is 0.0247. The number of carbonyl (C=O) groups is 1. The zero-order chi connectivity index (χ0) is 14.9. The molecule has 0 aliphatic heterocycles. The average molecular weight is 342 g/mol. The maximum absolute atomic E-state index is 14.1. The molecule has 0 radical (unpaired) electrons. The van der Waals surface area contributed by atoms with Crippen molar-refractivity contribution in [2.24, 2.45) is 0 Å². The Morgan fingerprint density at radius 1 is 1.50 bits per heavy atom. The summed E-state index contributed by atoms with van der Waals surface area (Å²) in [6, 6.07) is 2.87. The van der Waals surface area contributed by atoms with Crippen LogP contribution in [0.5, 0.6) is 5.88 Å². The lowest BCUT2D eigenvalue weighted by atomic mass is 10.1. The second kappa shape index (κ2) is 5.75. The summed E-state index contributed by atoms with van der Waals surface area (Å²) in [5.41, 5.74) is 1.01. The maximum Gasteiger partial charge on any atom is 0.341 e. The zero-order valence-corrected chi connectivity index (χ0v) is 12.6. The molecule has 1 aromatic carbocycles. The van der Waals surface area contributed by atoms with Gasteiger partial charge in [-0.3, -0.25) is 0 Å². The summed E-state index contributed by atoms with van der Waals surface area (Å²) in [4.78, 5) is 15.4. The second-order valence-corrected chi connectivity index (χ2v) is 5.23. The van der Waals surface area contributed by atoms with Gasteiger partial charge in [0.15, 0.2) is 0 Å². The lowest BCUT2D eigenvalue weighted by molar-refractivity contribution is 0.0691. The predicted octanol–water partition coefficient (Wildman–Crippen LogP) is 3.93. The summed E-state index contributed by atoms with van der Waals surface area (Å²) in [7, 11) is 0. The van der Waals surface area contributed by atoms with Crippen LogP contribution in [0.15, 0.2) is 16.6 Å². The number of carboxylic acids is 1. The van der Waals surface area contributed by atoms with Crippen LogP contribution in [0.1, 0.15) is 29.3 Å². The number of rotatable bonds is 4.